The summed E-state index contributed by atoms with van der Waals surface area (Å²) < 4.78 is 5.36. The Morgan fingerprint density at radius 2 is 2.09 bits per heavy atom. The van der Waals surface area contributed by atoms with Crippen LogP contribution in [0.4, 0.5) is 5.00 Å². The zero-order valence-corrected chi connectivity index (χ0v) is 17.3. The standard InChI is InChI=1S/C16H28N4OS.HI/c1-3-21-13-5-4-8-18-16(17-2)20-11-9-19(10-12-20)15-7-6-14-22-15;/h6-7,14H,3-5,8-13H2,1-2H3,(H,17,18);1H. The molecule has 0 aromatic carbocycles. The van der Waals surface area contributed by atoms with Crippen molar-refractivity contribution < 1.29 is 4.74 Å². The molecule has 0 unspecified atom stereocenters. The van der Waals surface area contributed by atoms with Crippen molar-refractivity contribution in [2.75, 3.05) is 57.9 Å². The van der Waals surface area contributed by atoms with Crippen molar-refractivity contribution >= 4 is 46.3 Å². The first-order valence-electron chi connectivity index (χ1n) is 8.17. The highest BCUT2D eigenvalue weighted by Gasteiger charge is 2.19. The number of unbranched alkanes of at least 4 members (excludes halogenated alkanes) is 1. The summed E-state index contributed by atoms with van der Waals surface area (Å²) in [5.74, 6) is 1.03. The molecular weight excluding hydrogens is 423 g/mol. The fourth-order valence-corrected chi connectivity index (χ4v) is 3.38. The minimum absolute atomic E-state index is 0. The number of aliphatic imine (C=N–C) groups is 1. The van der Waals surface area contributed by atoms with Crippen LogP contribution in [0, 0.1) is 0 Å². The summed E-state index contributed by atoms with van der Waals surface area (Å²) in [6.45, 7) is 8.84. The summed E-state index contributed by atoms with van der Waals surface area (Å²) in [5, 5.41) is 6.99. The first kappa shape index (κ1) is 20.5. The van der Waals surface area contributed by atoms with Gasteiger partial charge in [0.25, 0.3) is 0 Å². The van der Waals surface area contributed by atoms with Gasteiger partial charge in [0.15, 0.2) is 5.96 Å². The highest BCUT2D eigenvalue weighted by molar-refractivity contribution is 14.0. The Bertz CT molecular complexity index is 433. The van der Waals surface area contributed by atoms with E-state index in [0.717, 1.165) is 64.7 Å². The van der Waals surface area contributed by atoms with Crippen molar-refractivity contribution in [2.24, 2.45) is 4.99 Å². The second-order valence-electron chi connectivity index (χ2n) is 5.30. The van der Waals surface area contributed by atoms with Crippen LogP contribution in [0.2, 0.25) is 0 Å². The number of halogens is 1. The van der Waals surface area contributed by atoms with E-state index in [4.69, 9.17) is 4.74 Å². The lowest BCUT2D eigenvalue weighted by molar-refractivity contribution is 0.143. The maximum Gasteiger partial charge on any atom is 0.193 e. The third-order valence-electron chi connectivity index (χ3n) is 3.81. The Hall–Kier alpha value is -0.540. The molecule has 132 valence electrons. The van der Waals surface area contributed by atoms with E-state index in [0.29, 0.717) is 0 Å². The number of rotatable bonds is 7. The maximum atomic E-state index is 5.36. The second kappa shape index (κ2) is 11.9. The summed E-state index contributed by atoms with van der Waals surface area (Å²) in [6, 6.07) is 4.32. The van der Waals surface area contributed by atoms with Crippen molar-refractivity contribution in [3.8, 4) is 0 Å². The fraction of sp³-hybridized carbons (Fsp3) is 0.688. The molecule has 0 aliphatic carbocycles. The Kier molecular flexibility index (Phi) is 10.6. The van der Waals surface area contributed by atoms with E-state index in [1.807, 2.05) is 25.3 Å². The number of hydrogen-bond acceptors (Lipinski definition) is 4. The van der Waals surface area contributed by atoms with Gasteiger partial charge in [-0.05, 0) is 37.3 Å². The summed E-state index contributed by atoms with van der Waals surface area (Å²) in [4.78, 5) is 9.23. The first-order valence-corrected chi connectivity index (χ1v) is 9.05. The normalized spacial score (nSPS) is 15.5. The number of anilines is 1. The van der Waals surface area contributed by atoms with Gasteiger partial charge in [0.2, 0.25) is 0 Å². The minimum atomic E-state index is 0. The van der Waals surface area contributed by atoms with Gasteiger partial charge < -0.3 is 19.9 Å². The molecule has 0 spiro atoms. The molecule has 1 fully saturated rings. The van der Waals surface area contributed by atoms with Crippen LogP contribution in [0.1, 0.15) is 19.8 Å². The second-order valence-corrected chi connectivity index (χ2v) is 6.23. The van der Waals surface area contributed by atoms with E-state index < -0.39 is 0 Å². The van der Waals surface area contributed by atoms with Crippen molar-refractivity contribution in [1.29, 1.82) is 0 Å². The smallest absolute Gasteiger partial charge is 0.193 e. The molecule has 0 radical (unpaired) electrons. The van der Waals surface area contributed by atoms with E-state index in [-0.39, 0.29) is 24.0 Å². The van der Waals surface area contributed by atoms with Gasteiger partial charge >= 0.3 is 0 Å². The zero-order chi connectivity index (χ0) is 15.6. The number of piperazine rings is 1. The molecule has 0 amide bonds. The highest BCUT2D eigenvalue weighted by atomic mass is 127. The third kappa shape index (κ3) is 6.84. The Morgan fingerprint density at radius 1 is 1.30 bits per heavy atom. The maximum absolute atomic E-state index is 5.36. The monoisotopic (exact) mass is 452 g/mol. The minimum Gasteiger partial charge on any atom is -0.382 e. The molecule has 0 bridgehead atoms. The lowest BCUT2D eigenvalue weighted by Gasteiger charge is -2.37. The number of thiophene rings is 1. The Labute approximate surface area is 161 Å². The lowest BCUT2D eigenvalue weighted by atomic mass is 10.3. The van der Waals surface area contributed by atoms with E-state index in [1.165, 1.54) is 5.00 Å². The van der Waals surface area contributed by atoms with Crippen LogP contribution in [-0.4, -0.2) is 63.8 Å². The molecule has 23 heavy (non-hydrogen) atoms. The van der Waals surface area contributed by atoms with Crippen LogP contribution in [0.25, 0.3) is 0 Å². The third-order valence-corrected chi connectivity index (χ3v) is 4.74. The Morgan fingerprint density at radius 3 is 2.70 bits per heavy atom. The van der Waals surface area contributed by atoms with Crippen LogP contribution in [0.5, 0.6) is 0 Å². The quantitative estimate of drug-likeness (QED) is 0.299. The van der Waals surface area contributed by atoms with Crippen LogP contribution in [-0.2, 0) is 4.74 Å². The molecule has 1 aromatic rings. The molecular formula is C16H29IN4OS. The number of nitrogens with one attached hydrogen (secondary N) is 1. The summed E-state index contributed by atoms with van der Waals surface area (Å²) in [7, 11) is 1.87. The molecule has 0 atom stereocenters. The number of nitrogens with zero attached hydrogens (tertiary/aromatic N) is 3. The highest BCUT2D eigenvalue weighted by Crippen LogP contribution is 2.22. The zero-order valence-electron chi connectivity index (χ0n) is 14.2. The average Bonchev–Trinajstić information content (AvgIpc) is 3.09. The first-order chi connectivity index (χ1) is 10.8. The molecule has 0 saturated carbocycles. The average molecular weight is 452 g/mol. The largest absolute Gasteiger partial charge is 0.382 e. The van der Waals surface area contributed by atoms with E-state index in [9.17, 15) is 0 Å². The van der Waals surface area contributed by atoms with Gasteiger partial charge in [-0.15, -0.1) is 35.3 Å². The van der Waals surface area contributed by atoms with Crippen LogP contribution >= 0.6 is 35.3 Å². The molecule has 1 aliphatic heterocycles. The molecule has 5 nitrogen and oxygen atoms in total. The van der Waals surface area contributed by atoms with Crippen LogP contribution < -0.4 is 10.2 Å². The van der Waals surface area contributed by atoms with Crippen LogP contribution in [0.3, 0.4) is 0 Å². The van der Waals surface area contributed by atoms with Gasteiger partial charge in [0.1, 0.15) is 0 Å². The van der Waals surface area contributed by atoms with Crippen molar-refractivity contribution in [1.82, 2.24) is 10.2 Å². The predicted octanol–water partition coefficient (Wildman–Crippen LogP) is 2.88. The van der Waals surface area contributed by atoms with E-state index in [1.54, 1.807) is 0 Å². The summed E-state index contributed by atoms with van der Waals surface area (Å²) in [6.07, 6.45) is 2.22. The van der Waals surface area contributed by atoms with Gasteiger partial charge in [-0.25, -0.2) is 0 Å². The van der Waals surface area contributed by atoms with Gasteiger partial charge in [-0.1, -0.05) is 0 Å². The molecule has 1 saturated heterocycles. The van der Waals surface area contributed by atoms with Crippen molar-refractivity contribution in [3.63, 3.8) is 0 Å². The van der Waals surface area contributed by atoms with Crippen LogP contribution in [0.15, 0.2) is 22.5 Å². The van der Waals surface area contributed by atoms with Gasteiger partial charge in [-0.3, -0.25) is 4.99 Å². The van der Waals surface area contributed by atoms with E-state index >= 15 is 0 Å². The van der Waals surface area contributed by atoms with E-state index in [2.05, 4.69) is 37.6 Å². The molecule has 1 aromatic heterocycles. The fourth-order valence-electron chi connectivity index (χ4n) is 2.59. The molecule has 1 aliphatic rings. The number of hydrogen-bond donors (Lipinski definition) is 1. The Balaban J connectivity index is 0.00000264. The molecule has 2 rings (SSSR count). The number of ether oxygens (including phenoxy) is 1. The SMILES string of the molecule is CCOCCCCNC(=NC)N1CCN(c2cccs2)CC1.I. The topological polar surface area (TPSA) is 40.1 Å². The number of guanidine groups is 1. The van der Waals surface area contributed by atoms with Gasteiger partial charge in [0.05, 0.1) is 5.00 Å². The van der Waals surface area contributed by atoms with Crippen molar-refractivity contribution in [3.05, 3.63) is 17.5 Å². The van der Waals surface area contributed by atoms with Gasteiger partial charge in [0, 0.05) is 53.0 Å². The van der Waals surface area contributed by atoms with Gasteiger partial charge in [-0.2, -0.15) is 0 Å². The molecule has 7 heteroatoms. The summed E-state index contributed by atoms with van der Waals surface area (Å²) >= 11 is 1.82. The van der Waals surface area contributed by atoms with Crippen molar-refractivity contribution in [2.45, 2.75) is 19.8 Å². The predicted molar refractivity (Wildman–Crippen MR) is 111 cm³/mol. The lowest BCUT2D eigenvalue weighted by Crippen LogP contribution is -2.52. The molecule has 2 heterocycles. The molecule has 1 N–H and O–H groups in total. The summed E-state index contributed by atoms with van der Waals surface area (Å²) in [5.41, 5.74) is 0.